The third-order valence-corrected chi connectivity index (χ3v) is 3.38. The molecule has 0 radical (unpaired) electrons. The Hall–Kier alpha value is 0.00844. The van der Waals surface area contributed by atoms with Crippen molar-refractivity contribution in [3.63, 3.8) is 0 Å². The van der Waals surface area contributed by atoms with Crippen molar-refractivity contribution in [3.05, 3.63) is 0 Å². The molecule has 0 aromatic heterocycles. The second-order valence-electron chi connectivity index (χ2n) is 2.19. The average Bonchev–Trinajstić information content (AvgIpc) is 1.96. The van der Waals surface area contributed by atoms with Crippen LogP contribution in [0.1, 0.15) is 6.92 Å². The quantitative estimate of drug-likeness (QED) is 0.415. The van der Waals surface area contributed by atoms with Crippen molar-refractivity contribution in [1.82, 2.24) is 5.32 Å². The number of carboxylic acids is 1. The Bertz CT molecular complexity index is 176. The van der Waals surface area contributed by atoms with E-state index in [0.717, 1.165) is 0 Å². The van der Waals surface area contributed by atoms with Gasteiger partial charge in [0.05, 0.1) is 0 Å². The van der Waals surface area contributed by atoms with Gasteiger partial charge in [-0.3, -0.25) is 0 Å². The summed E-state index contributed by atoms with van der Waals surface area (Å²) in [4.78, 5) is 21.0. The topological polar surface area (TPSA) is 66.4 Å². The van der Waals surface area contributed by atoms with E-state index in [4.69, 9.17) is 5.11 Å². The first-order chi connectivity index (χ1) is 5.57. The predicted molar refractivity (Wildman–Crippen MR) is 51.1 cm³/mol. The van der Waals surface area contributed by atoms with Crippen LogP contribution < -0.4 is 5.32 Å². The standard InChI is InChI=1S/C6H12AsNO3S/c1-4(9)7-3-8-5(2-12)6(10)11/h5,7-8,12H,2-3H2,1H3,(H,10,11)/t5-/m1/s1. The minimum atomic E-state index is -0.917. The molecule has 0 aromatic rings. The number of aliphatic carboxylic acids is 1. The normalized spacial score (nSPS) is 13.5. The van der Waals surface area contributed by atoms with Crippen LogP contribution in [0.15, 0.2) is 0 Å². The van der Waals surface area contributed by atoms with E-state index in [-0.39, 0.29) is 10.3 Å². The van der Waals surface area contributed by atoms with E-state index in [2.05, 4.69) is 17.9 Å². The predicted octanol–water partition coefficient (Wildman–Crippen LogP) is -1.10. The van der Waals surface area contributed by atoms with E-state index in [1.165, 1.54) is 6.92 Å². The van der Waals surface area contributed by atoms with Crippen LogP contribution >= 0.6 is 12.6 Å². The van der Waals surface area contributed by atoms with Gasteiger partial charge in [-0.15, -0.1) is 0 Å². The summed E-state index contributed by atoms with van der Waals surface area (Å²) in [6.07, 6.45) is 0. The summed E-state index contributed by atoms with van der Waals surface area (Å²) in [6.45, 7) is 1.53. The van der Waals surface area contributed by atoms with Gasteiger partial charge in [-0.25, -0.2) is 0 Å². The van der Waals surface area contributed by atoms with E-state index in [1.54, 1.807) is 0 Å². The van der Waals surface area contributed by atoms with Gasteiger partial charge in [-0.2, -0.15) is 0 Å². The summed E-state index contributed by atoms with van der Waals surface area (Å²) < 4.78 is 0.172. The molecule has 0 saturated heterocycles. The van der Waals surface area contributed by atoms with Crippen molar-refractivity contribution in [1.29, 1.82) is 0 Å². The van der Waals surface area contributed by atoms with E-state index in [9.17, 15) is 9.59 Å². The van der Waals surface area contributed by atoms with Gasteiger partial charge in [0.15, 0.2) is 0 Å². The molecule has 0 saturated carbocycles. The summed E-state index contributed by atoms with van der Waals surface area (Å²) in [5.41, 5.74) is 0. The molecule has 2 N–H and O–H groups in total. The fraction of sp³-hybridized carbons (Fsp3) is 0.667. The summed E-state index contributed by atoms with van der Waals surface area (Å²) in [5, 5.41) is 11.8. The Morgan fingerprint density at radius 2 is 2.25 bits per heavy atom. The van der Waals surface area contributed by atoms with Crippen molar-refractivity contribution in [2.75, 3.05) is 11.1 Å². The molecule has 12 heavy (non-hydrogen) atoms. The fourth-order valence-corrected chi connectivity index (χ4v) is 2.07. The number of carbonyl (C=O) groups excluding carboxylic acids is 1. The molecule has 6 heteroatoms. The van der Waals surface area contributed by atoms with Crippen molar-refractivity contribution >= 4 is 38.9 Å². The molecule has 2 atom stereocenters. The third-order valence-electron chi connectivity index (χ3n) is 1.17. The van der Waals surface area contributed by atoms with Crippen LogP contribution in [0.3, 0.4) is 0 Å². The Labute approximate surface area is 83.2 Å². The van der Waals surface area contributed by atoms with Crippen molar-refractivity contribution in [2.45, 2.75) is 13.0 Å². The minimum absolute atomic E-state index is 0.172. The third kappa shape index (κ3) is 5.63. The van der Waals surface area contributed by atoms with Crippen LogP contribution in [0.4, 0.5) is 0 Å². The molecule has 0 fully saturated rings. The summed E-state index contributed by atoms with van der Waals surface area (Å²) in [6, 6.07) is -0.628. The number of nitrogens with one attached hydrogen (secondary N) is 1. The van der Waals surface area contributed by atoms with Crippen LogP contribution in [0.2, 0.25) is 0 Å². The zero-order valence-electron chi connectivity index (χ0n) is 6.70. The summed E-state index contributed by atoms with van der Waals surface area (Å²) in [5.74, 6) is -0.667. The first-order valence-electron chi connectivity index (χ1n) is 3.39. The van der Waals surface area contributed by atoms with Gasteiger partial charge in [0.2, 0.25) is 0 Å². The Morgan fingerprint density at radius 3 is 2.58 bits per heavy atom. The van der Waals surface area contributed by atoms with Crippen LogP contribution in [0, 0.1) is 0 Å². The zero-order chi connectivity index (χ0) is 9.56. The molecule has 0 heterocycles. The Kier molecular flexibility index (Phi) is 6.52. The van der Waals surface area contributed by atoms with Gasteiger partial charge in [-0.1, -0.05) is 0 Å². The number of rotatable bonds is 6. The fourth-order valence-electron chi connectivity index (χ4n) is 0.529. The number of carboxylic acid groups (broad SMARTS) is 1. The Morgan fingerprint density at radius 1 is 1.67 bits per heavy atom. The first kappa shape index (κ1) is 12.0. The van der Waals surface area contributed by atoms with Crippen LogP contribution in [0.5, 0.6) is 0 Å². The maximum absolute atomic E-state index is 10.5. The first-order valence-corrected chi connectivity index (χ1v) is 6.56. The zero-order valence-corrected chi connectivity index (χ0v) is 9.69. The maximum atomic E-state index is 10.5. The van der Waals surface area contributed by atoms with E-state index in [1.807, 2.05) is 0 Å². The molecule has 0 spiro atoms. The summed E-state index contributed by atoms with van der Waals surface area (Å²) in [7, 11) is 0. The summed E-state index contributed by atoms with van der Waals surface area (Å²) >= 11 is 3.19. The van der Waals surface area contributed by atoms with Gasteiger partial charge in [-0.05, 0) is 0 Å². The number of thiol groups is 1. The van der Waals surface area contributed by atoms with E-state index in [0.29, 0.717) is 5.33 Å². The monoisotopic (exact) mass is 253 g/mol. The number of hydrogen-bond acceptors (Lipinski definition) is 4. The molecule has 0 rings (SSSR count). The molecule has 1 unspecified atom stereocenters. The molecule has 0 amide bonds. The number of carbonyl (C=O) groups is 2. The van der Waals surface area contributed by atoms with E-state index < -0.39 is 27.8 Å². The van der Waals surface area contributed by atoms with Gasteiger partial charge >= 0.3 is 83.0 Å². The second-order valence-corrected chi connectivity index (χ2v) is 5.51. The van der Waals surface area contributed by atoms with Gasteiger partial charge in [0.1, 0.15) is 0 Å². The van der Waals surface area contributed by atoms with Crippen molar-refractivity contribution in [3.8, 4) is 0 Å². The van der Waals surface area contributed by atoms with Gasteiger partial charge in [0.25, 0.3) is 0 Å². The van der Waals surface area contributed by atoms with E-state index >= 15 is 0 Å². The van der Waals surface area contributed by atoms with Crippen molar-refractivity contribution in [2.24, 2.45) is 0 Å². The van der Waals surface area contributed by atoms with Crippen molar-refractivity contribution < 1.29 is 14.7 Å². The molecular formula is C6H12AsNO3S. The van der Waals surface area contributed by atoms with Crippen LogP contribution in [-0.4, -0.2) is 48.5 Å². The van der Waals surface area contributed by atoms with Crippen LogP contribution in [-0.2, 0) is 9.59 Å². The molecule has 0 aromatic carbocycles. The molecule has 70 valence electrons. The van der Waals surface area contributed by atoms with Crippen LogP contribution in [0.25, 0.3) is 0 Å². The average molecular weight is 253 g/mol. The SMILES string of the molecule is CC(=O)[AsH]CN[C@H](CS)C(=O)O. The van der Waals surface area contributed by atoms with Gasteiger partial charge in [0, 0.05) is 0 Å². The number of hydrogen-bond donors (Lipinski definition) is 3. The molecule has 0 bridgehead atoms. The Balaban J connectivity index is 3.59. The second kappa shape index (κ2) is 6.52. The molecule has 4 nitrogen and oxygen atoms in total. The molecule has 0 aliphatic heterocycles. The molecule has 0 aliphatic carbocycles. The molecule has 0 aliphatic rings. The van der Waals surface area contributed by atoms with Gasteiger partial charge < -0.3 is 0 Å². The molecular weight excluding hydrogens is 241 g/mol.